The van der Waals surface area contributed by atoms with E-state index in [2.05, 4.69) is 4.98 Å². The van der Waals surface area contributed by atoms with Gasteiger partial charge in [0.15, 0.2) is 11.5 Å². The molecule has 0 saturated heterocycles. The first-order valence-electron chi connectivity index (χ1n) is 7.69. The van der Waals surface area contributed by atoms with Crippen LogP contribution in [-0.4, -0.2) is 23.6 Å². The molecular formula is C19H13ClN2O3. The molecule has 0 saturated carbocycles. The maximum Gasteiger partial charge on any atom is 0.255 e. The standard InChI is InChI=1S/C19H13ClN2O3/c1-22(12-8-6-11(20)7-9-12)10-15-21-16-18(24)17(23)13-4-2-3-5-14(13)19(16)25-15/h2-9H,10H2,1H3. The molecule has 0 atom stereocenters. The molecule has 1 aromatic heterocycles. The fourth-order valence-electron chi connectivity index (χ4n) is 2.87. The maximum atomic E-state index is 12.3. The lowest BCUT2D eigenvalue weighted by molar-refractivity contribution is 0.0812. The van der Waals surface area contributed by atoms with E-state index >= 15 is 0 Å². The van der Waals surface area contributed by atoms with E-state index in [0.29, 0.717) is 34.3 Å². The summed E-state index contributed by atoms with van der Waals surface area (Å²) in [6, 6.07) is 14.3. The Bertz CT molecular complexity index is 992. The van der Waals surface area contributed by atoms with Gasteiger partial charge in [-0.05, 0) is 24.3 Å². The molecule has 4 rings (SSSR count). The highest BCUT2D eigenvalue weighted by molar-refractivity contribution is 6.52. The molecule has 0 amide bonds. The van der Waals surface area contributed by atoms with Crippen LogP contribution in [0.1, 0.15) is 26.7 Å². The first-order valence-corrected chi connectivity index (χ1v) is 8.07. The van der Waals surface area contributed by atoms with Crippen LogP contribution < -0.4 is 4.90 Å². The molecule has 1 aliphatic rings. The Morgan fingerprint density at radius 1 is 1.00 bits per heavy atom. The van der Waals surface area contributed by atoms with Gasteiger partial charge in [-0.15, -0.1) is 0 Å². The Balaban J connectivity index is 1.69. The molecule has 5 nitrogen and oxygen atoms in total. The number of fused-ring (bicyclic) bond motifs is 3. The van der Waals surface area contributed by atoms with Gasteiger partial charge in [-0.25, -0.2) is 4.98 Å². The maximum absolute atomic E-state index is 12.3. The largest absolute Gasteiger partial charge is 0.438 e. The minimum Gasteiger partial charge on any atom is -0.438 e. The zero-order valence-corrected chi connectivity index (χ0v) is 14.1. The van der Waals surface area contributed by atoms with Crippen LogP contribution in [0.25, 0.3) is 11.3 Å². The first-order chi connectivity index (χ1) is 12.0. The molecule has 0 N–H and O–H groups in total. The van der Waals surface area contributed by atoms with Crippen molar-refractivity contribution in [1.29, 1.82) is 0 Å². The van der Waals surface area contributed by atoms with Crippen molar-refractivity contribution in [2.45, 2.75) is 6.54 Å². The van der Waals surface area contributed by atoms with E-state index < -0.39 is 11.6 Å². The van der Waals surface area contributed by atoms with Crippen LogP contribution >= 0.6 is 11.6 Å². The third kappa shape index (κ3) is 2.62. The van der Waals surface area contributed by atoms with Crippen LogP contribution in [0, 0.1) is 0 Å². The number of hydrogen-bond donors (Lipinski definition) is 0. The number of nitrogens with zero attached hydrogens (tertiary/aromatic N) is 2. The zero-order valence-electron chi connectivity index (χ0n) is 13.3. The second-order valence-electron chi connectivity index (χ2n) is 5.82. The molecular weight excluding hydrogens is 340 g/mol. The van der Waals surface area contributed by atoms with Crippen molar-refractivity contribution in [2.24, 2.45) is 0 Å². The summed E-state index contributed by atoms with van der Waals surface area (Å²) in [6.07, 6.45) is 0. The van der Waals surface area contributed by atoms with Crippen LogP contribution in [0.3, 0.4) is 0 Å². The summed E-state index contributed by atoms with van der Waals surface area (Å²) in [4.78, 5) is 30.7. The third-order valence-corrected chi connectivity index (χ3v) is 4.40. The number of aromatic nitrogens is 1. The van der Waals surface area contributed by atoms with Crippen molar-refractivity contribution in [3.05, 3.63) is 70.7 Å². The van der Waals surface area contributed by atoms with Gasteiger partial charge in [-0.2, -0.15) is 0 Å². The van der Waals surface area contributed by atoms with Gasteiger partial charge in [-0.1, -0.05) is 35.9 Å². The number of halogens is 1. The second-order valence-corrected chi connectivity index (χ2v) is 6.26. The Morgan fingerprint density at radius 3 is 2.40 bits per heavy atom. The summed E-state index contributed by atoms with van der Waals surface area (Å²) in [5.74, 6) is -0.438. The van der Waals surface area contributed by atoms with Crippen molar-refractivity contribution in [3.8, 4) is 11.3 Å². The van der Waals surface area contributed by atoms with Gasteiger partial charge in [-0.3, -0.25) is 9.59 Å². The van der Waals surface area contributed by atoms with Crippen molar-refractivity contribution in [2.75, 3.05) is 11.9 Å². The van der Waals surface area contributed by atoms with Gasteiger partial charge >= 0.3 is 0 Å². The summed E-state index contributed by atoms with van der Waals surface area (Å²) in [5.41, 5.74) is 1.98. The average Bonchev–Trinajstić information content (AvgIpc) is 3.04. The summed E-state index contributed by atoms with van der Waals surface area (Å²) in [7, 11) is 1.88. The van der Waals surface area contributed by atoms with Crippen molar-refractivity contribution >= 4 is 28.9 Å². The number of benzene rings is 2. The number of anilines is 1. The zero-order chi connectivity index (χ0) is 17.6. The Labute approximate surface area is 148 Å². The quantitative estimate of drug-likeness (QED) is 0.666. The smallest absolute Gasteiger partial charge is 0.255 e. The fraction of sp³-hybridized carbons (Fsp3) is 0.105. The number of Topliss-reactive ketones (excluding diaryl/α,β-unsaturated/α-hetero) is 2. The first kappa shape index (κ1) is 15.6. The molecule has 0 unspecified atom stereocenters. The third-order valence-electron chi connectivity index (χ3n) is 4.15. The number of carbonyl (C=O) groups is 2. The summed E-state index contributed by atoms with van der Waals surface area (Å²) < 4.78 is 5.82. The Kier molecular flexibility index (Phi) is 3.66. The minimum atomic E-state index is -0.627. The predicted molar refractivity (Wildman–Crippen MR) is 94.2 cm³/mol. The number of oxazole rings is 1. The highest BCUT2D eigenvalue weighted by Crippen LogP contribution is 2.34. The molecule has 25 heavy (non-hydrogen) atoms. The van der Waals surface area contributed by atoms with Crippen LogP contribution in [0.5, 0.6) is 0 Å². The molecule has 0 spiro atoms. The number of rotatable bonds is 3. The Hall–Kier alpha value is -2.92. The minimum absolute atomic E-state index is 0.0863. The molecule has 2 aromatic carbocycles. The Morgan fingerprint density at radius 2 is 1.68 bits per heavy atom. The van der Waals surface area contributed by atoms with Gasteiger partial charge in [0.05, 0.1) is 6.54 Å². The molecule has 0 aliphatic heterocycles. The van der Waals surface area contributed by atoms with E-state index in [9.17, 15) is 9.59 Å². The van der Waals surface area contributed by atoms with Gasteiger partial charge in [0.1, 0.15) is 0 Å². The van der Waals surface area contributed by atoms with Crippen LogP contribution in [-0.2, 0) is 6.54 Å². The molecule has 1 aliphatic carbocycles. The van der Waals surface area contributed by atoms with Crippen molar-refractivity contribution < 1.29 is 14.0 Å². The summed E-state index contributed by atoms with van der Waals surface area (Å²) >= 11 is 5.90. The number of carbonyl (C=O) groups excluding carboxylic acids is 2. The molecule has 1 heterocycles. The van der Waals surface area contributed by atoms with Crippen molar-refractivity contribution in [1.82, 2.24) is 4.98 Å². The van der Waals surface area contributed by atoms with E-state index in [4.69, 9.17) is 16.0 Å². The van der Waals surface area contributed by atoms with Crippen LogP contribution in [0.2, 0.25) is 5.02 Å². The highest BCUT2D eigenvalue weighted by atomic mass is 35.5. The average molecular weight is 353 g/mol. The van der Waals surface area contributed by atoms with Crippen LogP contribution in [0.15, 0.2) is 52.9 Å². The second kappa shape index (κ2) is 5.86. The van der Waals surface area contributed by atoms with Gasteiger partial charge in [0.2, 0.25) is 11.7 Å². The van der Waals surface area contributed by atoms with Crippen molar-refractivity contribution in [3.63, 3.8) is 0 Å². The van der Waals surface area contributed by atoms with E-state index in [1.165, 1.54) is 0 Å². The lowest BCUT2D eigenvalue weighted by Crippen LogP contribution is -2.21. The predicted octanol–water partition coefficient (Wildman–Crippen LogP) is 4.01. The van der Waals surface area contributed by atoms with Crippen LogP contribution in [0.4, 0.5) is 5.69 Å². The normalized spacial score (nSPS) is 12.7. The van der Waals surface area contributed by atoms with E-state index in [1.807, 2.05) is 24.1 Å². The van der Waals surface area contributed by atoms with Gasteiger partial charge in [0, 0.05) is 28.9 Å². The molecule has 124 valence electrons. The number of hydrogen-bond acceptors (Lipinski definition) is 5. The van der Waals surface area contributed by atoms with E-state index in [-0.39, 0.29) is 5.69 Å². The lowest BCUT2D eigenvalue weighted by atomic mass is 9.91. The highest BCUT2D eigenvalue weighted by Gasteiger charge is 2.35. The summed E-state index contributed by atoms with van der Waals surface area (Å²) in [6.45, 7) is 0.359. The number of ketones is 2. The molecule has 0 radical (unpaired) electrons. The van der Waals surface area contributed by atoms with E-state index in [1.54, 1.807) is 36.4 Å². The molecule has 6 heteroatoms. The SMILES string of the molecule is CN(Cc1nc2c(o1)-c1ccccc1C(=O)C2=O)c1ccc(Cl)cc1. The van der Waals surface area contributed by atoms with Gasteiger partial charge < -0.3 is 9.32 Å². The lowest BCUT2D eigenvalue weighted by Gasteiger charge is -2.17. The topological polar surface area (TPSA) is 63.4 Å². The monoisotopic (exact) mass is 352 g/mol. The molecule has 0 fully saturated rings. The van der Waals surface area contributed by atoms with E-state index in [0.717, 1.165) is 5.69 Å². The molecule has 3 aromatic rings. The molecule has 0 bridgehead atoms. The summed E-state index contributed by atoms with van der Waals surface area (Å²) in [5, 5.41) is 0.657. The fourth-order valence-corrected chi connectivity index (χ4v) is 2.99. The van der Waals surface area contributed by atoms with Gasteiger partial charge in [0.25, 0.3) is 5.78 Å².